The minimum absolute atomic E-state index is 0.162. The van der Waals surface area contributed by atoms with Gasteiger partial charge in [0.2, 0.25) is 5.91 Å². The number of ether oxygens (including phenoxy) is 1. The normalized spacial score (nSPS) is 16.6. The molecule has 1 N–H and O–H groups in total. The lowest BCUT2D eigenvalue weighted by atomic mass is 9.75. The van der Waals surface area contributed by atoms with Crippen molar-refractivity contribution in [2.75, 3.05) is 5.32 Å². The summed E-state index contributed by atoms with van der Waals surface area (Å²) in [6.07, 6.45) is 3.94. The predicted octanol–water partition coefficient (Wildman–Crippen LogP) is 3.02. The van der Waals surface area contributed by atoms with Crippen LogP contribution in [0.4, 0.5) is 5.69 Å². The van der Waals surface area contributed by atoms with E-state index < -0.39 is 11.4 Å². The molecule has 1 fully saturated rings. The molecule has 0 saturated heterocycles. The van der Waals surface area contributed by atoms with Crippen LogP contribution in [0.5, 0.6) is 5.75 Å². The topological polar surface area (TPSA) is 79.2 Å². The number of nitrogens with one attached hydrogen (secondary N) is 1. The van der Waals surface area contributed by atoms with E-state index in [1.807, 2.05) is 0 Å². The average Bonchev–Trinajstić information content (AvgIpc) is 2.49. The zero-order chi connectivity index (χ0) is 15.3. The fraction of sp³-hybridized carbons (Fsp3) is 0.438. The zero-order valence-electron chi connectivity index (χ0n) is 12.0. The summed E-state index contributed by atoms with van der Waals surface area (Å²) in [6.45, 7) is 1.42. The van der Waals surface area contributed by atoms with Crippen molar-refractivity contribution in [1.29, 1.82) is 5.26 Å². The standard InChI is InChI=1S/C16H18N2O3/c1-12(19)18-13-5-7-14(8-6-13)21-15(20)16(11-17)9-3-2-4-10-16/h5-8H,2-4,9-10H2,1H3,(H,18,19). The highest BCUT2D eigenvalue weighted by atomic mass is 16.5. The molecular weight excluding hydrogens is 268 g/mol. The van der Waals surface area contributed by atoms with E-state index in [9.17, 15) is 14.9 Å². The molecule has 0 aromatic heterocycles. The molecule has 1 amide bonds. The Balaban J connectivity index is 2.05. The Bertz CT molecular complexity index is 566. The summed E-state index contributed by atoms with van der Waals surface area (Å²) in [5.41, 5.74) is -0.371. The lowest BCUT2D eigenvalue weighted by Crippen LogP contribution is -2.35. The van der Waals surface area contributed by atoms with E-state index in [1.165, 1.54) is 6.92 Å². The number of carbonyl (C=O) groups is 2. The number of nitrogens with zero attached hydrogens (tertiary/aromatic N) is 1. The van der Waals surface area contributed by atoms with Crippen LogP contribution in [0.1, 0.15) is 39.0 Å². The molecule has 0 radical (unpaired) electrons. The second-order valence-electron chi connectivity index (χ2n) is 5.35. The quantitative estimate of drug-likeness (QED) is 0.684. The van der Waals surface area contributed by atoms with E-state index in [1.54, 1.807) is 24.3 Å². The molecule has 1 saturated carbocycles. The molecule has 2 rings (SSSR count). The third-order valence-corrected chi connectivity index (χ3v) is 3.70. The molecule has 0 aliphatic heterocycles. The van der Waals surface area contributed by atoms with Crippen molar-refractivity contribution in [3.8, 4) is 11.8 Å². The van der Waals surface area contributed by atoms with E-state index in [4.69, 9.17) is 4.74 Å². The smallest absolute Gasteiger partial charge is 0.331 e. The number of esters is 1. The highest BCUT2D eigenvalue weighted by Gasteiger charge is 2.41. The monoisotopic (exact) mass is 286 g/mol. The molecule has 1 aliphatic rings. The number of carbonyl (C=O) groups excluding carboxylic acids is 2. The Hall–Kier alpha value is -2.35. The summed E-state index contributed by atoms with van der Waals surface area (Å²) in [5.74, 6) is -0.253. The summed E-state index contributed by atoms with van der Waals surface area (Å²) >= 11 is 0. The van der Waals surface area contributed by atoms with Gasteiger partial charge in [0.15, 0.2) is 5.41 Å². The first-order valence-electron chi connectivity index (χ1n) is 7.07. The molecule has 0 bridgehead atoms. The van der Waals surface area contributed by atoms with Gasteiger partial charge < -0.3 is 10.1 Å². The number of nitriles is 1. The van der Waals surface area contributed by atoms with Gasteiger partial charge in [0.1, 0.15) is 5.75 Å². The molecule has 0 atom stereocenters. The Morgan fingerprint density at radius 1 is 1.19 bits per heavy atom. The van der Waals surface area contributed by atoms with Gasteiger partial charge >= 0.3 is 5.97 Å². The van der Waals surface area contributed by atoms with Crippen LogP contribution in [0.2, 0.25) is 0 Å². The van der Waals surface area contributed by atoms with Crippen molar-refractivity contribution in [2.45, 2.75) is 39.0 Å². The molecule has 5 heteroatoms. The van der Waals surface area contributed by atoms with Gasteiger partial charge in [-0.05, 0) is 37.1 Å². The third kappa shape index (κ3) is 3.60. The van der Waals surface area contributed by atoms with Crippen LogP contribution in [-0.2, 0) is 9.59 Å². The summed E-state index contributed by atoms with van der Waals surface area (Å²) in [6, 6.07) is 8.67. The minimum Gasteiger partial charge on any atom is -0.425 e. The molecule has 1 aromatic carbocycles. The van der Waals surface area contributed by atoms with Gasteiger partial charge in [-0.25, -0.2) is 4.79 Å². The SMILES string of the molecule is CC(=O)Nc1ccc(OC(=O)C2(C#N)CCCCC2)cc1. The van der Waals surface area contributed by atoms with Gasteiger partial charge in [0.25, 0.3) is 0 Å². The van der Waals surface area contributed by atoms with E-state index in [-0.39, 0.29) is 5.91 Å². The van der Waals surface area contributed by atoms with Gasteiger partial charge in [0, 0.05) is 12.6 Å². The second kappa shape index (κ2) is 6.40. The molecule has 0 unspecified atom stereocenters. The second-order valence-corrected chi connectivity index (χ2v) is 5.35. The predicted molar refractivity (Wildman–Crippen MR) is 77.5 cm³/mol. The summed E-state index contributed by atoms with van der Waals surface area (Å²) < 4.78 is 5.33. The van der Waals surface area contributed by atoms with Crippen LogP contribution in [0.15, 0.2) is 24.3 Å². The first kappa shape index (κ1) is 15.0. The van der Waals surface area contributed by atoms with Crippen molar-refractivity contribution in [1.82, 2.24) is 0 Å². The van der Waals surface area contributed by atoms with E-state index >= 15 is 0 Å². The third-order valence-electron chi connectivity index (χ3n) is 3.70. The largest absolute Gasteiger partial charge is 0.425 e. The average molecular weight is 286 g/mol. The molecule has 0 heterocycles. The van der Waals surface area contributed by atoms with Gasteiger partial charge in [0.05, 0.1) is 6.07 Å². The Kier molecular flexibility index (Phi) is 4.59. The van der Waals surface area contributed by atoms with Crippen LogP contribution in [0.25, 0.3) is 0 Å². The number of hydrogen-bond donors (Lipinski definition) is 1. The van der Waals surface area contributed by atoms with Gasteiger partial charge in [-0.3, -0.25) is 4.79 Å². The van der Waals surface area contributed by atoms with E-state index in [0.29, 0.717) is 24.3 Å². The van der Waals surface area contributed by atoms with E-state index in [0.717, 1.165) is 19.3 Å². The van der Waals surface area contributed by atoms with Crippen LogP contribution in [0, 0.1) is 16.7 Å². The minimum atomic E-state index is -1.01. The molecule has 0 spiro atoms. The molecular formula is C16H18N2O3. The molecule has 1 aromatic rings. The number of anilines is 1. The number of amides is 1. The maximum atomic E-state index is 12.3. The first-order valence-corrected chi connectivity index (χ1v) is 7.07. The van der Waals surface area contributed by atoms with Crippen LogP contribution >= 0.6 is 0 Å². The fourth-order valence-electron chi connectivity index (χ4n) is 2.53. The molecule has 21 heavy (non-hydrogen) atoms. The maximum absolute atomic E-state index is 12.3. The lowest BCUT2D eigenvalue weighted by Gasteiger charge is -2.27. The van der Waals surface area contributed by atoms with Crippen molar-refractivity contribution in [2.24, 2.45) is 5.41 Å². The van der Waals surface area contributed by atoms with Crippen LogP contribution < -0.4 is 10.1 Å². The Morgan fingerprint density at radius 3 is 2.33 bits per heavy atom. The molecule has 1 aliphatic carbocycles. The summed E-state index contributed by atoms with van der Waals surface area (Å²) in [4.78, 5) is 23.2. The Labute approximate surface area is 123 Å². The highest BCUT2D eigenvalue weighted by Crippen LogP contribution is 2.37. The van der Waals surface area contributed by atoms with Crippen molar-refractivity contribution < 1.29 is 14.3 Å². The number of rotatable bonds is 3. The zero-order valence-corrected chi connectivity index (χ0v) is 12.0. The lowest BCUT2D eigenvalue weighted by molar-refractivity contribution is -0.144. The molecule has 5 nitrogen and oxygen atoms in total. The van der Waals surface area contributed by atoms with Gasteiger partial charge in [-0.1, -0.05) is 19.3 Å². The number of hydrogen-bond acceptors (Lipinski definition) is 4. The van der Waals surface area contributed by atoms with Gasteiger partial charge in [-0.2, -0.15) is 5.26 Å². The highest BCUT2D eigenvalue weighted by molar-refractivity contribution is 5.88. The van der Waals surface area contributed by atoms with Crippen molar-refractivity contribution in [3.05, 3.63) is 24.3 Å². The summed E-state index contributed by atoms with van der Waals surface area (Å²) in [7, 11) is 0. The maximum Gasteiger partial charge on any atom is 0.331 e. The van der Waals surface area contributed by atoms with Crippen molar-refractivity contribution in [3.63, 3.8) is 0 Å². The Morgan fingerprint density at radius 2 is 1.81 bits per heavy atom. The van der Waals surface area contributed by atoms with Gasteiger partial charge in [-0.15, -0.1) is 0 Å². The van der Waals surface area contributed by atoms with Crippen LogP contribution in [-0.4, -0.2) is 11.9 Å². The van der Waals surface area contributed by atoms with Crippen LogP contribution in [0.3, 0.4) is 0 Å². The first-order chi connectivity index (χ1) is 10.1. The molecule has 110 valence electrons. The van der Waals surface area contributed by atoms with E-state index in [2.05, 4.69) is 11.4 Å². The fourth-order valence-corrected chi connectivity index (χ4v) is 2.53. The summed E-state index contributed by atoms with van der Waals surface area (Å²) in [5, 5.41) is 12.0. The number of benzene rings is 1. The van der Waals surface area contributed by atoms with Crippen molar-refractivity contribution >= 4 is 17.6 Å².